The molecule has 0 amide bonds. The van der Waals surface area contributed by atoms with E-state index in [1.165, 1.54) is 0 Å². The van der Waals surface area contributed by atoms with Gasteiger partial charge in [-0.3, -0.25) is 4.79 Å². The monoisotopic (exact) mass is 287 g/mol. The lowest BCUT2D eigenvalue weighted by molar-refractivity contribution is -0.136. The number of rotatable bonds is 6. The number of hydrogen-bond acceptors (Lipinski definition) is 3. The third-order valence-corrected chi connectivity index (χ3v) is 2.64. The third kappa shape index (κ3) is 4.74. The second-order valence-corrected chi connectivity index (χ2v) is 4.33. The topological polar surface area (TPSA) is 69.6 Å². The van der Waals surface area contributed by atoms with E-state index in [1.807, 2.05) is 24.3 Å². The highest BCUT2D eigenvalue weighted by atomic mass is 79.9. The van der Waals surface area contributed by atoms with E-state index in [0.717, 1.165) is 10.0 Å². The first kappa shape index (κ1) is 13.2. The Kier molecular flexibility index (Phi) is 5.45. The van der Waals surface area contributed by atoms with E-state index in [2.05, 4.69) is 21.2 Å². The third-order valence-electron chi connectivity index (χ3n) is 2.11. The van der Waals surface area contributed by atoms with Crippen molar-refractivity contribution in [1.29, 1.82) is 0 Å². The zero-order valence-corrected chi connectivity index (χ0v) is 10.3. The molecule has 0 aliphatic rings. The molecule has 0 aliphatic carbocycles. The number of carbonyl (C=O) groups is 1. The van der Waals surface area contributed by atoms with E-state index in [0.29, 0.717) is 13.1 Å². The number of aliphatic carboxylic acids is 1. The van der Waals surface area contributed by atoms with Crippen LogP contribution in [-0.2, 0) is 4.79 Å². The minimum Gasteiger partial charge on any atom is -0.481 e. The van der Waals surface area contributed by atoms with E-state index in [4.69, 9.17) is 5.11 Å². The Hall–Kier alpha value is -0.910. The van der Waals surface area contributed by atoms with E-state index >= 15 is 0 Å². The van der Waals surface area contributed by atoms with Gasteiger partial charge < -0.3 is 15.5 Å². The summed E-state index contributed by atoms with van der Waals surface area (Å²) >= 11 is 3.31. The number of benzene rings is 1. The Bertz CT molecular complexity index is 340. The Morgan fingerprint density at radius 3 is 2.56 bits per heavy atom. The molecule has 1 unspecified atom stereocenters. The second kappa shape index (κ2) is 6.62. The number of carboxylic acids is 1. The molecule has 0 aromatic heterocycles. The van der Waals surface area contributed by atoms with E-state index in [9.17, 15) is 9.90 Å². The number of hydrogen-bond donors (Lipinski definition) is 3. The largest absolute Gasteiger partial charge is 0.481 e. The highest BCUT2D eigenvalue weighted by Crippen LogP contribution is 2.16. The smallest absolute Gasteiger partial charge is 0.304 e. The van der Waals surface area contributed by atoms with Crippen LogP contribution in [0.15, 0.2) is 28.7 Å². The predicted octanol–water partition coefficient (Wildman–Crippen LogP) is 1.55. The van der Waals surface area contributed by atoms with Crippen LogP contribution in [0.3, 0.4) is 0 Å². The zero-order valence-electron chi connectivity index (χ0n) is 8.69. The van der Waals surface area contributed by atoms with Crippen molar-refractivity contribution in [3.8, 4) is 0 Å². The molecule has 16 heavy (non-hydrogen) atoms. The number of aliphatic hydroxyl groups is 1. The van der Waals surface area contributed by atoms with Gasteiger partial charge in [0.1, 0.15) is 0 Å². The SMILES string of the molecule is O=C(O)CCNCC(O)c1ccc(Br)cc1. The van der Waals surface area contributed by atoms with Crippen molar-refractivity contribution in [2.24, 2.45) is 0 Å². The summed E-state index contributed by atoms with van der Waals surface area (Å²) in [7, 11) is 0. The molecule has 1 atom stereocenters. The lowest BCUT2D eigenvalue weighted by Gasteiger charge is -2.11. The maximum Gasteiger partial charge on any atom is 0.304 e. The maximum atomic E-state index is 10.2. The van der Waals surface area contributed by atoms with Gasteiger partial charge in [-0.25, -0.2) is 0 Å². The highest BCUT2D eigenvalue weighted by Gasteiger charge is 2.06. The van der Waals surface area contributed by atoms with Crippen LogP contribution in [0.4, 0.5) is 0 Å². The van der Waals surface area contributed by atoms with Crippen molar-refractivity contribution < 1.29 is 15.0 Å². The molecule has 1 aromatic rings. The van der Waals surface area contributed by atoms with Crippen molar-refractivity contribution in [2.75, 3.05) is 13.1 Å². The van der Waals surface area contributed by atoms with Crippen LogP contribution in [0, 0.1) is 0 Å². The molecular formula is C11H14BrNO3. The van der Waals surface area contributed by atoms with Gasteiger partial charge in [0, 0.05) is 17.6 Å². The summed E-state index contributed by atoms with van der Waals surface area (Å²) < 4.78 is 0.960. The van der Waals surface area contributed by atoms with E-state index < -0.39 is 12.1 Å². The van der Waals surface area contributed by atoms with Gasteiger partial charge in [-0.15, -0.1) is 0 Å². The number of nitrogens with one attached hydrogen (secondary N) is 1. The van der Waals surface area contributed by atoms with Crippen LogP contribution in [0.2, 0.25) is 0 Å². The predicted molar refractivity (Wildman–Crippen MR) is 64.2 cm³/mol. The second-order valence-electron chi connectivity index (χ2n) is 3.42. The molecule has 0 spiro atoms. The molecule has 1 rings (SSSR count). The molecular weight excluding hydrogens is 274 g/mol. The lowest BCUT2D eigenvalue weighted by atomic mass is 10.1. The maximum absolute atomic E-state index is 10.2. The van der Waals surface area contributed by atoms with Crippen LogP contribution in [0.25, 0.3) is 0 Å². The standard InChI is InChI=1S/C11H14BrNO3/c12-9-3-1-8(2-4-9)10(14)7-13-6-5-11(15)16/h1-4,10,13-14H,5-7H2,(H,15,16). The van der Waals surface area contributed by atoms with Crippen LogP contribution < -0.4 is 5.32 Å². The minimum absolute atomic E-state index is 0.0626. The van der Waals surface area contributed by atoms with Crippen molar-refractivity contribution in [2.45, 2.75) is 12.5 Å². The molecule has 4 nitrogen and oxygen atoms in total. The van der Waals surface area contributed by atoms with Crippen molar-refractivity contribution in [3.63, 3.8) is 0 Å². The van der Waals surface area contributed by atoms with Gasteiger partial charge in [0.15, 0.2) is 0 Å². The van der Waals surface area contributed by atoms with Gasteiger partial charge in [0.25, 0.3) is 0 Å². The summed E-state index contributed by atoms with van der Waals surface area (Å²) in [5.74, 6) is -0.842. The zero-order chi connectivity index (χ0) is 12.0. The fourth-order valence-corrected chi connectivity index (χ4v) is 1.50. The summed E-state index contributed by atoms with van der Waals surface area (Å²) in [5, 5.41) is 21.1. The highest BCUT2D eigenvalue weighted by molar-refractivity contribution is 9.10. The van der Waals surface area contributed by atoms with E-state index in [1.54, 1.807) is 0 Å². The molecule has 0 aliphatic heterocycles. The molecule has 0 bridgehead atoms. The fraction of sp³-hybridized carbons (Fsp3) is 0.364. The molecule has 3 N–H and O–H groups in total. The normalized spacial score (nSPS) is 12.4. The number of aliphatic hydroxyl groups excluding tert-OH is 1. The van der Waals surface area contributed by atoms with Gasteiger partial charge in [-0.05, 0) is 17.7 Å². The number of carboxylic acid groups (broad SMARTS) is 1. The first-order chi connectivity index (χ1) is 7.59. The van der Waals surface area contributed by atoms with Crippen LogP contribution in [-0.4, -0.2) is 29.3 Å². The van der Waals surface area contributed by atoms with Gasteiger partial charge >= 0.3 is 5.97 Å². The van der Waals surface area contributed by atoms with Crippen LogP contribution >= 0.6 is 15.9 Å². The minimum atomic E-state index is -0.842. The van der Waals surface area contributed by atoms with Gasteiger partial charge in [0.2, 0.25) is 0 Å². The van der Waals surface area contributed by atoms with Crippen LogP contribution in [0.5, 0.6) is 0 Å². The molecule has 0 radical (unpaired) electrons. The van der Waals surface area contributed by atoms with Crippen molar-refractivity contribution in [3.05, 3.63) is 34.3 Å². The number of halogens is 1. The quantitative estimate of drug-likeness (QED) is 0.695. The Balaban J connectivity index is 2.32. The average Bonchev–Trinajstić information content (AvgIpc) is 2.25. The molecule has 5 heteroatoms. The van der Waals surface area contributed by atoms with Crippen LogP contribution in [0.1, 0.15) is 18.1 Å². The van der Waals surface area contributed by atoms with E-state index in [-0.39, 0.29) is 6.42 Å². The van der Waals surface area contributed by atoms with Gasteiger partial charge in [-0.2, -0.15) is 0 Å². The molecule has 0 fully saturated rings. The summed E-state index contributed by atoms with van der Waals surface area (Å²) in [6.45, 7) is 0.720. The van der Waals surface area contributed by atoms with Gasteiger partial charge in [-0.1, -0.05) is 28.1 Å². The first-order valence-electron chi connectivity index (χ1n) is 4.95. The average molecular weight is 288 g/mol. The lowest BCUT2D eigenvalue weighted by Crippen LogP contribution is -2.24. The van der Waals surface area contributed by atoms with Crippen molar-refractivity contribution in [1.82, 2.24) is 5.32 Å². The Morgan fingerprint density at radius 1 is 1.38 bits per heavy atom. The summed E-state index contributed by atoms with van der Waals surface area (Å²) in [6, 6.07) is 7.37. The Morgan fingerprint density at radius 2 is 2.00 bits per heavy atom. The molecule has 0 saturated heterocycles. The molecule has 0 heterocycles. The molecule has 88 valence electrons. The molecule has 1 aromatic carbocycles. The van der Waals surface area contributed by atoms with Crippen molar-refractivity contribution >= 4 is 21.9 Å². The summed E-state index contributed by atoms with van der Waals surface area (Å²) in [5.41, 5.74) is 0.811. The summed E-state index contributed by atoms with van der Waals surface area (Å²) in [4.78, 5) is 10.2. The Labute approximate surface area is 102 Å². The summed E-state index contributed by atoms with van der Waals surface area (Å²) in [6.07, 6.45) is -0.547. The van der Waals surface area contributed by atoms with Gasteiger partial charge in [0.05, 0.1) is 12.5 Å². The molecule has 0 saturated carbocycles. The fourth-order valence-electron chi connectivity index (χ4n) is 1.24. The first-order valence-corrected chi connectivity index (χ1v) is 5.75.